The number of nitrogens with one attached hydrogen (secondary N) is 1. The Balaban J connectivity index is 2.63. The molecule has 0 aliphatic carbocycles. The third kappa shape index (κ3) is 6.55. The van der Waals surface area contributed by atoms with Gasteiger partial charge in [-0.25, -0.2) is 4.79 Å². The molecule has 0 spiro atoms. The van der Waals surface area contributed by atoms with Gasteiger partial charge in [-0.15, -0.1) is 0 Å². The third-order valence-electron chi connectivity index (χ3n) is 2.56. The van der Waals surface area contributed by atoms with E-state index in [0.717, 1.165) is 6.08 Å². The molecule has 0 bridgehead atoms. The van der Waals surface area contributed by atoms with Crippen molar-refractivity contribution >= 4 is 40.4 Å². The van der Waals surface area contributed by atoms with Crippen molar-refractivity contribution in [2.24, 2.45) is 0 Å². The smallest absolute Gasteiger partial charge is 0.328 e. The lowest BCUT2D eigenvalue weighted by atomic mass is 10.1. The highest BCUT2D eigenvalue weighted by Crippen LogP contribution is 2.19. The Morgan fingerprint density at radius 1 is 1.43 bits per heavy atom. The monoisotopic (exact) mass is 329 g/mol. The van der Waals surface area contributed by atoms with Crippen LogP contribution in [0.3, 0.4) is 0 Å². The van der Waals surface area contributed by atoms with E-state index in [0.29, 0.717) is 34.9 Å². The number of aliphatic carboxylic acids is 1. The summed E-state index contributed by atoms with van der Waals surface area (Å²) in [7, 11) is -0.866. The number of rotatable bonds is 7. The van der Waals surface area contributed by atoms with Gasteiger partial charge in [0.2, 0.25) is 0 Å². The average Bonchev–Trinajstić information content (AvgIpc) is 2.41. The molecule has 5 nitrogen and oxygen atoms in total. The number of carbonyl (C=O) groups is 2. The van der Waals surface area contributed by atoms with Crippen molar-refractivity contribution in [1.29, 1.82) is 0 Å². The molecule has 1 unspecified atom stereocenters. The summed E-state index contributed by atoms with van der Waals surface area (Å²) < 4.78 is 10.9. The van der Waals surface area contributed by atoms with Crippen LogP contribution < -0.4 is 5.32 Å². The van der Waals surface area contributed by atoms with E-state index in [9.17, 15) is 13.8 Å². The second kappa shape index (κ2) is 8.59. The number of carboxylic acids is 1. The van der Waals surface area contributed by atoms with Crippen molar-refractivity contribution in [1.82, 2.24) is 5.32 Å². The maximum Gasteiger partial charge on any atom is 0.328 e. The quantitative estimate of drug-likeness (QED) is 0.591. The lowest BCUT2D eigenvalue weighted by molar-refractivity contribution is -0.131. The van der Waals surface area contributed by atoms with Crippen LogP contribution >= 0.6 is 11.6 Å². The molecule has 0 radical (unpaired) electrons. The van der Waals surface area contributed by atoms with Crippen LogP contribution in [0.25, 0.3) is 6.08 Å². The minimum absolute atomic E-state index is 0.271. The van der Waals surface area contributed by atoms with Crippen LogP contribution in [0.5, 0.6) is 0 Å². The van der Waals surface area contributed by atoms with Crippen LogP contribution in [-0.2, 0) is 15.6 Å². The number of halogens is 1. The fourth-order valence-corrected chi connectivity index (χ4v) is 2.34. The molecule has 0 saturated heterocycles. The van der Waals surface area contributed by atoms with Gasteiger partial charge >= 0.3 is 5.97 Å². The van der Waals surface area contributed by atoms with Crippen molar-refractivity contribution in [3.8, 4) is 0 Å². The Morgan fingerprint density at radius 3 is 2.71 bits per heavy atom. The Kier molecular flexibility index (Phi) is 7.11. The Morgan fingerprint density at radius 2 is 2.14 bits per heavy atom. The summed E-state index contributed by atoms with van der Waals surface area (Å²) in [6, 6.07) is 4.63. The summed E-state index contributed by atoms with van der Waals surface area (Å²) in [6.45, 7) is 0.441. The predicted octanol–water partition coefficient (Wildman–Crippen LogP) is 1.94. The van der Waals surface area contributed by atoms with Gasteiger partial charge in [0, 0.05) is 46.0 Å². The molecule has 0 heterocycles. The SMILES string of the molecule is CS(=O)CCCNC(=O)c1ccc(/C=C/C(=O)O)c(Cl)c1. The molecule has 0 aliphatic heterocycles. The molecule has 0 saturated carbocycles. The standard InChI is InChI=1S/C14H16ClNO4S/c1-21(20)8-2-7-16-14(19)11-4-3-10(12(15)9-11)5-6-13(17)18/h3-6,9H,2,7-8H2,1H3,(H,16,19)(H,17,18)/b6-5+. The van der Waals surface area contributed by atoms with Crippen LogP contribution in [0.2, 0.25) is 5.02 Å². The van der Waals surface area contributed by atoms with Crippen LogP contribution in [0.15, 0.2) is 24.3 Å². The topological polar surface area (TPSA) is 83.5 Å². The molecule has 1 aromatic rings. The van der Waals surface area contributed by atoms with E-state index in [1.54, 1.807) is 18.4 Å². The first-order chi connectivity index (χ1) is 9.90. The molecule has 7 heteroatoms. The van der Waals surface area contributed by atoms with E-state index in [1.165, 1.54) is 12.1 Å². The molecular formula is C14H16ClNO4S. The lowest BCUT2D eigenvalue weighted by Crippen LogP contribution is -2.25. The average molecular weight is 330 g/mol. The van der Waals surface area contributed by atoms with Crippen molar-refractivity contribution < 1.29 is 18.9 Å². The molecule has 1 rings (SSSR count). The normalized spacial score (nSPS) is 12.3. The highest BCUT2D eigenvalue weighted by Gasteiger charge is 2.07. The summed E-state index contributed by atoms with van der Waals surface area (Å²) in [4.78, 5) is 22.3. The molecule has 1 atom stereocenters. The maximum atomic E-state index is 11.9. The molecule has 1 amide bonds. The molecule has 0 fully saturated rings. The summed E-state index contributed by atoms with van der Waals surface area (Å²) >= 11 is 6.00. The van der Waals surface area contributed by atoms with Crippen LogP contribution in [0.1, 0.15) is 22.3 Å². The van der Waals surface area contributed by atoms with Gasteiger partial charge in [-0.3, -0.25) is 9.00 Å². The highest BCUT2D eigenvalue weighted by atomic mass is 35.5. The zero-order valence-electron chi connectivity index (χ0n) is 11.5. The number of carboxylic acid groups (broad SMARTS) is 1. The predicted molar refractivity (Wildman–Crippen MR) is 84.0 cm³/mol. The molecule has 21 heavy (non-hydrogen) atoms. The Hall–Kier alpha value is -1.66. The van der Waals surface area contributed by atoms with Gasteiger partial charge in [-0.1, -0.05) is 17.7 Å². The zero-order valence-corrected chi connectivity index (χ0v) is 13.0. The lowest BCUT2D eigenvalue weighted by Gasteiger charge is -2.06. The van der Waals surface area contributed by atoms with E-state index in [4.69, 9.17) is 16.7 Å². The number of carbonyl (C=O) groups excluding carboxylic acids is 1. The zero-order chi connectivity index (χ0) is 15.8. The van der Waals surface area contributed by atoms with E-state index in [1.807, 2.05) is 0 Å². The van der Waals surface area contributed by atoms with Gasteiger partial charge in [0.1, 0.15) is 0 Å². The minimum atomic E-state index is -1.07. The van der Waals surface area contributed by atoms with E-state index in [-0.39, 0.29) is 5.91 Å². The molecule has 0 aliphatic rings. The first kappa shape index (κ1) is 17.4. The van der Waals surface area contributed by atoms with Crippen molar-refractivity contribution in [2.45, 2.75) is 6.42 Å². The van der Waals surface area contributed by atoms with Crippen molar-refractivity contribution in [3.63, 3.8) is 0 Å². The van der Waals surface area contributed by atoms with Crippen molar-refractivity contribution in [3.05, 3.63) is 40.4 Å². The van der Waals surface area contributed by atoms with Gasteiger partial charge in [-0.05, 0) is 30.2 Å². The van der Waals surface area contributed by atoms with Crippen molar-refractivity contribution in [2.75, 3.05) is 18.6 Å². The first-order valence-corrected chi connectivity index (χ1v) is 8.29. The molecule has 114 valence electrons. The second-order valence-corrected chi connectivity index (χ2v) is 6.26. The molecule has 2 N–H and O–H groups in total. The summed E-state index contributed by atoms with van der Waals surface area (Å²) in [5.41, 5.74) is 0.919. The van der Waals surface area contributed by atoms with Crippen LogP contribution in [0, 0.1) is 0 Å². The summed E-state index contributed by atoms with van der Waals surface area (Å²) in [6.07, 6.45) is 4.60. The fraction of sp³-hybridized carbons (Fsp3) is 0.286. The number of amides is 1. The molecular weight excluding hydrogens is 314 g/mol. The minimum Gasteiger partial charge on any atom is -0.478 e. The third-order valence-corrected chi connectivity index (χ3v) is 3.75. The van der Waals surface area contributed by atoms with Gasteiger partial charge in [0.15, 0.2) is 0 Å². The van der Waals surface area contributed by atoms with E-state index < -0.39 is 16.8 Å². The Labute approximate surface area is 130 Å². The first-order valence-electron chi connectivity index (χ1n) is 6.19. The van der Waals surface area contributed by atoms with Gasteiger partial charge in [-0.2, -0.15) is 0 Å². The van der Waals surface area contributed by atoms with E-state index in [2.05, 4.69) is 5.32 Å². The number of hydrogen-bond donors (Lipinski definition) is 2. The fourth-order valence-electron chi connectivity index (χ4n) is 1.54. The number of benzene rings is 1. The number of hydrogen-bond acceptors (Lipinski definition) is 3. The van der Waals surface area contributed by atoms with Gasteiger partial charge in [0.05, 0.1) is 0 Å². The maximum absolute atomic E-state index is 11.9. The summed E-state index contributed by atoms with van der Waals surface area (Å²) in [5, 5.41) is 11.6. The molecule has 0 aromatic heterocycles. The van der Waals surface area contributed by atoms with E-state index >= 15 is 0 Å². The van der Waals surface area contributed by atoms with Gasteiger partial charge < -0.3 is 10.4 Å². The largest absolute Gasteiger partial charge is 0.478 e. The second-order valence-electron chi connectivity index (χ2n) is 4.29. The van der Waals surface area contributed by atoms with Gasteiger partial charge in [0.25, 0.3) is 5.91 Å². The summed E-state index contributed by atoms with van der Waals surface area (Å²) in [5.74, 6) is -0.797. The van der Waals surface area contributed by atoms with Crippen LogP contribution in [0.4, 0.5) is 0 Å². The Bertz CT molecular complexity index is 586. The highest BCUT2D eigenvalue weighted by molar-refractivity contribution is 7.84. The molecule has 1 aromatic carbocycles. The van der Waals surface area contributed by atoms with Crippen LogP contribution in [-0.4, -0.2) is 39.7 Å².